The molecule has 0 saturated heterocycles. The second-order valence-electron chi connectivity index (χ2n) is 19.6. The normalized spacial score (nSPS) is 13.7. The predicted octanol–water partition coefficient (Wildman–Crippen LogP) is 10.0. The highest BCUT2D eigenvalue weighted by Gasteiger charge is 2.46. The van der Waals surface area contributed by atoms with Crippen molar-refractivity contribution in [3.8, 4) is 0 Å². The van der Waals surface area contributed by atoms with E-state index < -0.39 is 69.0 Å². The number of carbonyl (C=O) groups is 1. The summed E-state index contributed by atoms with van der Waals surface area (Å²) in [6, 6.07) is 12.8. The average molecular weight is 1200 g/mol. The summed E-state index contributed by atoms with van der Waals surface area (Å²) < 4.78 is 106. The molecule has 0 heterocycles. The van der Waals surface area contributed by atoms with E-state index in [2.05, 4.69) is 6.92 Å². The third-order valence-corrected chi connectivity index (χ3v) is 44.5. The maximum atomic E-state index is 14.3. The Bertz CT molecular complexity index is 1120. The minimum absolute atomic E-state index is 0.0310. The molecule has 0 aliphatic rings. The quantitative estimate of drug-likeness (QED) is 0.0524. The molecule has 0 rings (SSSR count). The molecule has 27 heteroatoms. The summed E-state index contributed by atoms with van der Waals surface area (Å²) in [6.07, 6.45) is 10.5. The maximum absolute atomic E-state index is 14.3. The molecule has 0 spiro atoms. The third-order valence-electron chi connectivity index (χ3n) is 16.2. The summed E-state index contributed by atoms with van der Waals surface area (Å²) >= 11 is 0. The van der Waals surface area contributed by atoms with Crippen molar-refractivity contribution in [2.24, 2.45) is 5.92 Å². The van der Waals surface area contributed by atoms with Crippen LogP contribution in [0.4, 0.5) is 0 Å². The van der Waals surface area contributed by atoms with E-state index in [0.717, 1.165) is 155 Å². The minimum atomic E-state index is -2.83. The Morgan fingerprint density at radius 2 is 0.432 bits per heavy atom. The van der Waals surface area contributed by atoms with Gasteiger partial charge in [-0.15, -0.1) is 0 Å². The van der Waals surface area contributed by atoms with Crippen LogP contribution in [0.25, 0.3) is 0 Å². The van der Waals surface area contributed by atoms with Crippen LogP contribution >= 0.6 is 0 Å². The van der Waals surface area contributed by atoms with Crippen molar-refractivity contribution in [2.75, 3.05) is 128 Å². The van der Waals surface area contributed by atoms with Gasteiger partial charge in [-0.1, -0.05) is 107 Å². The highest BCUT2D eigenvalue weighted by atomic mass is 28.4. The molecule has 0 saturated carbocycles. The molecule has 0 aromatic rings. The van der Waals surface area contributed by atoms with Crippen molar-refractivity contribution in [1.29, 1.82) is 0 Å². The Labute approximate surface area is 459 Å². The first kappa shape index (κ1) is 74.7. The number of ketones is 1. The monoisotopic (exact) mass is 1200 g/mol. The van der Waals surface area contributed by atoms with Gasteiger partial charge in [0.05, 0.1) is 16.1 Å². The Balaban J connectivity index is 7.30. The van der Waals surface area contributed by atoms with Gasteiger partial charge >= 0.3 is 52.8 Å². The molecule has 0 atom stereocenters. The number of carbonyl (C=O) groups excluding carboxylic acids is 1. The highest BCUT2D eigenvalue weighted by Crippen LogP contribution is 2.41. The van der Waals surface area contributed by atoms with Gasteiger partial charge in [-0.05, 0) is 19.3 Å². The maximum Gasteiger partial charge on any atom is 0.500 e. The minimum Gasteiger partial charge on any atom is -0.377 e. The molecule has 0 aliphatic heterocycles. The van der Waals surface area contributed by atoms with Gasteiger partial charge in [-0.2, -0.15) is 0 Å². The summed E-state index contributed by atoms with van der Waals surface area (Å²) in [4.78, 5) is 14.3. The lowest BCUT2D eigenvalue weighted by Crippen LogP contribution is -2.45. The van der Waals surface area contributed by atoms with Gasteiger partial charge < -0.3 is 79.7 Å². The lowest BCUT2D eigenvalue weighted by molar-refractivity contribution is -0.123. The molecule has 0 aromatic carbocycles. The SMILES string of the molecule is CCCC(=O)C(CCC[Si](CCC[Si](OC)(OC)OC)(CCC[Si](OC)(OC)OC)CCC[Si](OC)(OC)OC)CCC[Si](CCC[Si](OC)(OC)OC)(CCC[Si](OC)(OC)OC)CCC[Si](OC)(OC)OC. The molecule has 0 fully saturated rings. The molecule has 0 aliphatic carbocycles. The lowest BCUT2D eigenvalue weighted by atomic mass is 9.91. The Hall–Kier alpha value is 0.685. The molecule has 0 radical (unpaired) electrons. The van der Waals surface area contributed by atoms with Gasteiger partial charge in [0.25, 0.3) is 0 Å². The fourth-order valence-electron chi connectivity index (χ4n) is 11.3. The standard InChI is InChI=1S/C47H110O19Si8/c1-20-29-47(48)46(30-21-32-67(34-23-40-69(49-2,50-3)51-4,35-24-41-70(52-5,53-6)54-7)36-25-42-71(55-8,56-9)57-10)31-22-33-68(37-26-43-72(58-11,59-12)60-13,38-27-44-73(61-14,62-15)63-16)39-28-45-74(64-17,65-18)66-19/h46H,20-45H2,1-19H3. The van der Waals surface area contributed by atoms with Gasteiger partial charge in [-0.3, -0.25) is 4.79 Å². The molecule has 0 unspecified atom stereocenters. The van der Waals surface area contributed by atoms with E-state index in [0.29, 0.717) is 12.2 Å². The third kappa shape index (κ3) is 24.4. The van der Waals surface area contributed by atoms with E-state index in [1.165, 1.54) is 0 Å². The zero-order chi connectivity index (χ0) is 56.3. The van der Waals surface area contributed by atoms with Crippen LogP contribution in [-0.4, -0.2) is 203 Å². The average Bonchev–Trinajstić information content (AvgIpc) is 3.44. The van der Waals surface area contributed by atoms with Crippen molar-refractivity contribution in [3.63, 3.8) is 0 Å². The first-order chi connectivity index (χ1) is 35.4. The van der Waals surface area contributed by atoms with E-state index in [1.807, 2.05) is 0 Å². The Morgan fingerprint density at radius 3 is 0.581 bits per heavy atom. The first-order valence-electron chi connectivity index (χ1n) is 26.8. The van der Waals surface area contributed by atoms with Crippen molar-refractivity contribution >= 4 is 74.8 Å². The lowest BCUT2D eigenvalue weighted by Gasteiger charge is -2.36. The molecule has 0 N–H and O–H groups in total. The first-order valence-corrected chi connectivity index (χ1v) is 44.1. The summed E-state index contributed by atoms with van der Waals surface area (Å²) in [7, 11) is 9.05. The van der Waals surface area contributed by atoms with Crippen LogP contribution in [0.5, 0.6) is 0 Å². The zero-order valence-corrected chi connectivity index (χ0v) is 58.2. The van der Waals surface area contributed by atoms with Crippen molar-refractivity contribution < 1.29 is 84.5 Å². The number of rotatable bonds is 53. The van der Waals surface area contributed by atoms with Gasteiger partial charge in [-0.25, -0.2) is 0 Å². The molecule has 0 amide bonds. The van der Waals surface area contributed by atoms with Crippen LogP contribution in [0, 0.1) is 5.92 Å². The number of hydrogen-bond acceptors (Lipinski definition) is 19. The van der Waals surface area contributed by atoms with Crippen LogP contribution in [0.15, 0.2) is 0 Å². The summed E-state index contributed by atoms with van der Waals surface area (Å²) in [5.74, 6) is 0.343. The van der Waals surface area contributed by atoms with Crippen molar-refractivity contribution in [3.05, 3.63) is 0 Å². The van der Waals surface area contributed by atoms with Gasteiger partial charge in [0.15, 0.2) is 0 Å². The van der Waals surface area contributed by atoms with Crippen LogP contribution in [0.3, 0.4) is 0 Å². The topological polar surface area (TPSA) is 183 Å². The van der Waals surface area contributed by atoms with Gasteiger partial charge in [0.2, 0.25) is 0 Å². The van der Waals surface area contributed by atoms with E-state index in [4.69, 9.17) is 79.7 Å². The fraction of sp³-hybridized carbons (Fsp3) is 0.979. The van der Waals surface area contributed by atoms with Crippen molar-refractivity contribution in [1.82, 2.24) is 0 Å². The highest BCUT2D eigenvalue weighted by molar-refractivity contribution is 6.81. The summed E-state index contributed by atoms with van der Waals surface area (Å²) in [6.45, 7) is 2.11. The smallest absolute Gasteiger partial charge is 0.377 e. The van der Waals surface area contributed by atoms with E-state index in [9.17, 15) is 4.79 Å². The predicted molar refractivity (Wildman–Crippen MR) is 309 cm³/mol. The second-order valence-corrected chi connectivity index (χ2v) is 48.1. The molecule has 0 aromatic heterocycles. The molecule has 74 heavy (non-hydrogen) atoms. The summed E-state index contributed by atoms with van der Waals surface area (Å²) in [5.41, 5.74) is 0. The van der Waals surface area contributed by atoms with Gasteiger partial charge in [0, 0.05) is 177 Å². The van der Waals surface area contributed by atoms with Crippen LogP contribution in [0.2, 0.25) is 84.6 Å². The van der Waals surface area contributed by atoms with Crippen LogP contribution in [-0.2, 0) is 84.5 Å². The van der Waals surface area contributed by atoms with Crippen LogP contribution in [0.1, 0.15) is 84.0 Å². The largest absolute Gasteiger partial charge is 0.500 e. The molecule has 444 valence electrons. The number of hydrogen-bond donors (Lipinski definition) is 0. The summed E-state index contributed by atoms with van der Waals surface area (Å²) in [5, 5.41) is 0. The molecule has 19 nitrogen and oxygen atoms in total. The van der Waals surface area contributed by atoms with E-state index in [1.54, 1.807) is 128 Å². The molecule has 0 bridgehead atoms. The van der Waals surface area contributed by atoms with Gasteiger partial charge in [0.1, 0.15) is 5.78 Å². The molecular formula is C47H110O19Si8. The molecular weight excluding hydrogens is 1090 g/mol. The fourth-order valence-corrected chi connectivity index (χ4v) is 34.2. The van der Waals surface area contributed by atoms with Crippen LogP contribution < -0.4 is 0 Å². The number of Topliss-reactive ketones (excluding diaryl/α,β-unsaturated/α-hetero) is 1. The van der Waals surface area contributed by atoms with E-state index >= 15 is 0 Å². The van der Waals surface area contributed by atoms with E-state index in [-0.39, 0.29) is 5.92 Å². The zero-order valence-electron chi connectivity index (χ0n) is 50.2. The Kier molecular flexibility index (Phi) is 40.3. The van der Waals surface area contributed by atoms with Crippen molar-refractivity contribution in [2.45, 2.75) is 169 Å². The Morgan fingerprint density at radius 1 is 0.270 bits per heavy atom. The second kappa shape index (κ2) is 40.0.